The molecule has 3 N–H and O–H groups in total. The number of carbonyl (C=O) groups is 1. The quantitative estimate of drug-likeness (QED) is 0.711. The van der Waals surface area contributed by atoms with Gasteiger partial charge in [-0.1, -0.05) is 31.2 Å². The predicted octanol–water partition coefficient (Wildman–Crippen LogP) is 1.17. The number of aliphatic hydroxyl groups is 2. The molecule has 1 amide bonds. The van der Waals surface area contributed by atoms with Gasteiger partial charge in [0, 0.05) is 13.5 Å². The standard InChI is InChI=1S/C14H21NO3/c1-3-11-5-4-6-12(9-11)14(18)13(17)7-8-15-10(2)16/h4-6,9,13-14,17-18H,3,7-8H2,1-2H3,(H,15,16). The molecule has 1 rings (SSSR count). The number of aliphatic hydroxyl groups excluding tert-OH is 2. The number of hydrogen-bond acceptors (Lipinski definition) is 3. The Balaban J connectivity index is 2.56. The van der Waals surface area contributed by atoms with E-state index in [4.69, 9.17) is 0 Å². The van der Waals surface area contributed by atoms with Crippen LogP contribution in [0.15, 0.2) is 24.3 Å². The number of hydrogen-bond donors (Lipinski definition) is 3. The van der Waals surface area contributed by atoms with E-state index in [1.54, 1.807) is 6.07 Å². The van der Waals surface area contributed by atoms with Crippen LogP contribution in [-0.2, 0) is 11.2 Å². The van der Waals surface area contributed by atoms with Gasteiger partial charge < -0.3 is 15.5 Å². The van der Waals surface area contributed by atoms with Crippen molar-refractivity contribution in [2.75, 3.05) is 6.54 Å². The van der Waals surface area contributed by atoms with Crippen molar-refractivity contribution >= 4 is 5.91 Å². The van der Waals surface area contributed by atoms with Crippen LogP contribution in [0, 0.1) is 0 Å². The van der Waals surface area contributed by atoms with Gasteiger partial charge in [0.05, 0.1) is 6.10 Å². The SMILES string of the molecule is CCc1cccc(C(O)C(O)CCNC(C)=O)c1. The summed E-state index contributed by atoms with van der Waals surface area (Å²) in [6.07, 6.45) is -0.561. The molecule has 0 saturated carbocycles. The van der Waals surface area contributed by atoms with Crippen molar-refractivity contribution in [1.29, 1.82) is 0 Å². The van der Waals surface area contributed by atoms with Crippen molar-refractivity contribution in [2.24, 2.45) is 0 Å². The highest BCUT2D eigenvalue weighted by atomic mass is 16.3. The maximum atomic E-state index is 10.7. The maximum absolute atomic E-state index is 10.7. The zero-order valence-electron chi connectivity index (χ0n) is 10.9. The van der Waals surface area contributed by atoms with Gasteiger partial charge in [0.15, 0.2) is 0 Å². The molecule has 18 heavy (non-hydrogen) atoms. The molecule has 100 valence electrons. The Labute approximate surface area is 108 Å². The molecule has 0 radical (unpaired) electrons. The van der Waals surface area contributed by atoms with Crippen LogP contribution in [0.5, 0.6) is 0 Å². The molecule has 0 spiro atoms. The summed E-state index contributed by atoms with van der Waals surface area (Å²) in [5.74, 6) is -0.135. The molecule has 4 heteroatoms. The molecule has 0 aliphatic rings. The normalized spacial score (nSPS) is 14.0. The molecular weight excluding hydrogens is 230 g/mol. The van der Waals surface area contributed by atoms with E-state index in [0.717, 1.165) is 12.0 Å². The van der Waals surface area contributed by atoms with E-state index in [0.29, 0.717) is 18.5 Å². The lowest BCUT2D eigenvalue weighted by molar-refractivity contribution is -0.119. The molecule has 0 aliphatic carbocycles. The molecule has 0 bridgehead atoms. The second kappa shape index (κ2) is 7.13. The van der Waals surface area contributed by atoms with E-state index < -0.39 is 12.2 Å². The third-order valence-corrected chi connectivity index (χ3v) is 2.88. The van der Waals surface area contributed by atoms with Crippen molar-refractivity contribution in [1.82, 2.24) is 5.32 Å². The highest BCUT2D eigenvalue weighted by Gasteiger charge is 2.18. The fraction of sp³-hybridized carbons (Fsp3) is 0.500. The number of benzene rings is 1. The van der Waals surface area contributed by atoms with E-state index in [9.17, 15) is 15.0 Å². The van der Waals surface area contributed by atoms with Gasteiger partial charge in [-0.05, 0) is 24.0 Å². The molecule has 0 heterocycles. The second-order valence-electron chi connectivity index (χ2n) is 4.38. The number of amides is 1. The first-order chi connectivity index (χ1) is 8.54. The van der Waals surface area contributed by atoms with Crippen molar-refractivity contribution in [3.8, 4) is 0 Å². The van der Waals surface area contributed by atoms with Crippen LogP contribution in [0.25, 0.3) is 0 Å². The fourth-order valence-electron chi connectivity index (χ4n) is 1.77. The van der Waals surface area contributed by atoms with Gasteiger partial charge in [-0.15, -0.1) is 0 Å². The molecule has 0 saturated heterocycles. The fourth-order valence-corrected chi connectivity index (χ4v) is 1.77. The summed E-state index contributed by atoms with van der Waals surface area (Å²) in [6, 6.07) is 7.55. The average Bonchev–Trinajstić information content (AvgIpc) is 2.37. The van der Waals surface area contributed by atoms with Gasteiger partial charge in [0.1, 0.15) is 6.10 Å². The Kier molecular flexibility index (Phi) is 5.82. The van der Waals surface area contributed by atoms with Crippen LogP contribution in [0.3, 0.4) is 0 Å². The summed E-state index contributed by atoms with van der Waals surface area (Å²) in [4.78, 5) is 10.7. The summed E-state index contributed by atoms with van der Waals surface area (Å²) in [5.41, 5.74) is 1.84. The van der Waals surface area contributed by atoms with Crippen LogP contribution >= 0.6 is 0 Å². The molecular formula is C14H21NO3. The van der Waals surface area contributed by atoms with Crippen LogP contribution in [0.2, 0.25) is 0 Å². The molecule has 1 aromatic rings. The molecule has 2 atom stereocenters. The van der Waals surface area contributed by atoms with E-state index >= 15 is 0 Å². The van der Waals surface area contributed by atoms with Crippen molar-refractivity contribution in [2.45, 2.75) is 38.9 Å². The minimum absolute atomic E-state index is 0.135. The second-order valence-corrected chi connectivity index (χ2v) is 4.38. The highest BCUT2D eigenvalue weighted by Crippen LogP contribution is 2.20. The summed E-state index contributed by atoms with van der Waals surface area (Å²) < 4.78 is 0. The lowest BCUT2D eigenvalue weighted by Crippen LogP contribution is -2.27. The number of carbonyl (C=O) groups excluding carboxylic acids is 1. The summed E-state index contributed by atoms with van der Waals surface area (Å²) in [5, 5.41) is 22.5. The van der Waals surface area contributed by atoms with E-state index in [-0.39, 0.29) is 5.91 Å². The van der Waals surface area contributed by atoms with Gasteiger partial charge in [0.2, 0.25) is 5.91 Å². The lowest BCUT2D eigenvalue weighted by atomic mass is 9.99. The third-order valence-electron chi connectivity index (χ3n) is 2.88. The monoisotopic (exact) mass is 251 g/mol. The van der Waals surface area contributed by atoms with Gasteiger partial charge >= 0.3 is 0 Å². The first-order valence-corrected chi connectivity index (χ1v) is 6.24. The Hall–Kier alpha value is -1.39. The van der Waals surface area contributed by atoms with E-state index in [1.165, 1.54) is 6.92 Å². The molecule has 0 fully saturated rings. The topological polar surface area (TPSA) is 69.6 Å². The molecule has 1 aromatic carbocycles. The zero-order chi connectivity index (χ0) is 13.5. The average molecular weight is 251 g/mol. The highest BCUT2D eigenvalue weighted by molar-refractivity contribution is 5.72. The number of aryl methyl sites for hydroxylation is 1. The van der Waals surface area contributed by atoms with Crippen LogP contribution < -0.4 is 5.32 Å². The Bertz CT molecular complexity index is 392. The van der Waals surface area contributed by atoms with E-state index in [1.807, 2.05) is 25.1 Å². The van der Waals surface area contributed by atoms with Gasteiger partial charge in [0.25, 0.3) is 0 Å². The predicted molar refractivity (Wildman–Crippen MR) is 70.1 cm³/mol. The minimum Gasteiger partial charge on any atom is -0.390 e. The van der Waals surface area contributed by atoms with Crippen molar-refractivity contribution in [3.63, 3.8) is 0 Å². The number of rotatable bonds is 6. The van der Waals surface area contributed by atoms with Gasteiger partial charge in [-0.25, -0.2) is 0 Å². The molecule has 0 aromatic heterocycles. The maximum Gasteiger partial charge on any atom is 0.216 e. The van der Waals surface area contributed by atoms with Crippen LogP contribution in [0.1, 0.15) is 37.5 Å². The Morgan fingerprint density at radius 1 is 1.39 bits per heavy atom. The van der Waals surface area contributed by atoms with Crippen molar-refractivity contribution < 1.29 is 15.0 Å². The third kappa shape index (κ3) is 4.47. The van der Waals surface area contributed by atoms with Gasteiger partial charge in [-0.3, -0.25) is 4.79 Å². The number of nitrogens with one attached hydrogen (secondary N) is 1. The van der Waals surface area contributed by atoms with Gasteiger partial charge in [-0.2, -0.15) is 0 Å². The van der Waals surface area contributed by atoms with Crippen molar-refractivity contribution in [3.05, 3.63) is 35.4 Å². The molecule has 2 unspecified atom stereocenters. The summed E-state index contributed by atoms with van der Waals surface area (Å²) in [6.45, 7) is 3.83. The van der Waals surface area contributed by atoms with E-state index in [2.05, 4.69) is 5.32 Å². The summed E-state index contributed by atoms with van der Waals surface area (Å²) in [7, 11) is 0. The van der Waals surface area contributed by atoms with Crippen LogP contribution in [-0.4, -0.2) is 28.8 Å². The largest absolute Gasteiger partial charge is 0.390 e. The Morgan fingerprint density at radius 3 is 2.72 bits per heavy atom. The lowest BCUT2D eigenvalue weighted by Gasteiger charge is -2.18. The Morgan fingerprint density at radius 2 is 2.11 bits per heavy atom. The first-order valence-electron chi connectivity index (χ1n) is 6.24. The smallest absolute Gasteiger partial charge is 0.216 e. The molecule has 4 nitrogen and oxygen atoms in total. The zero-order valence-corrected chi connectivity index (χ0v) is 10.9. The molecule has 0 aliphatic heterocycles. The minimum atomic E-state index is -0.912. The summed E-state index contributed by atoms with van der Waals surface area (Å²) >= 11 is 0. The van der Waals surface area contributed by atoms with Crippen LogP contribution in [0.4, 0.5) is 0 Å². The first kappa shape index (κ1) is 14.7.